The molecule has 1 amide bonds. The molecule has 0 saturated heterocycles. The van der Waals surface area contributed by atoms with Crippen LogP contribution in [0, 0.1) is 0 Å². The third-order valence-electron chi connectivity index (χ3n) is 4.36. The Hall–Kier alpha value is -3.14. The molecule has 9 nitrogen and oxygen atoms in total. The first kappa shape index (κ1) is 20.6. The summed E-state index contributed by atoms with van der Waals surface area (Å²) < 4.78 is 32.0. The zero-order chi connectivity index (χ0) is 21.2. The molecule has 0 saturated carbocycles. The second-order valence-corrected chi connectivity index (χ2v) is 8.58. The first-order valence-corrected chi connectivity index (χ1v) is 10.5. The predicted octanol–water partition coefficient (Wildman–Crippen LogP) is 1.12. The van der Waals surface area contributed by atoms with Gasteiger partial charge in [-0.2, -0.15) is 0 Å². The van der Waals surface area contributed by atoms with Crippen molar-refractivity contribution < 1.29 is 22.7 Å². The van der Waals surface area contributed by atoms with Crippen molar-refractivity contribution >= 4 is 39.1 Å². The highest BCUT2D eigenvalue weighted by Crippen LogP contribution is 2.18. The number of nitrogens with zero attached hydrogens (tertiary/aromatic N) is 3. The maximum absolute atomic E-state index is 12.4. The number of fused-ring (bicyclic) bond motifs is 1. The van der Waals surface area contributed by atoms with Gasteiger partial charge in [-0.15, -0.1) is 4.40 Å². The summed E-state index contributed by atoms with van der Waals surface area (Å²) in [5.74, 6) is -1.02. The smallest absolute Gasteiger partial charge is 0.340 e. The number of ether oxygens (including phenoxy) is 1. The van der Waals surface area contributed by atoms with Crippen molar-refractivity contribution in [3.8, 4) is 0 Å². The lowest BCUT2D eigenvalue weighted by Crippen LogP contribution is -2.37. The third-order valence-corrected chi connectivity index (χ3v) is 5.53. The molecule has 1 aromatic rings. The Morgan fingerprint density at radius 3 is 2.55 bits per heavy atom. The van der Waals surface area contributed by atoms with Crippen molar-refractivity contribution in [1.82, 2.24) is 4.90 Å². The molecule has 10 heteroatoms. The molecule has 2 heterocycles. The number of sulfonamides is 1. The van der Waals surface area contributed by atoms with Crippen LogP contribution in [-0.2, 0) is 24.3 Å². The number of benzene rings is 1. The van der Waals surface area contributed by atoms with Crippen molar-refractivity contribution in [2.75, 3.05) is 36.6 Å². The summed E-state index contributed by atoms with van der Waals surface area (Å²) in [7, 11) is 0.371. The normalized spacial score (nSPS) is 18.1. The minimum absolute atomic E-state index is 0.130. The quantitative estimate of drug-likeness (QED) is 0.714. The first-order valence-electron chi connectivity index (χ1n) is 8.93. The van der Waals surface area contributed by atoms with Gasteiger partial charge in [0, 0.05) is 38.2 Å². The molecule has 2 aliphatic rings. The number of rotatable bonds is 5. The van der Waals surface area contributed by atoms with E-state index in [0.29, 0.717) is 5.69 Å². The van der Waals surface area contributed by atoms with E-state index in [1.165, 1.54) is 25.3 Å². The van der Waals surface area contributed by atoms with Gasteiger partial charge >= 0.3 is 5.97 Å². The van der Waals surface area contributed by atoms with E-state index in [2.05, 4.69) is 9.71 Å². The fourth-order valence-corrected chi connectivity index (χ4v) is 3.66. The van der Waals surface area contributed by atoms with Crippen LogP contribution in [0.4, 0.5) is 11.4 Å². The van der Waals surface area contributed by atoms with E-state index in [4.69, 9.17) is 4.74 Å². The second-order valence-electron chi connectivity index (χ2n) is 6.82. The molecule has 0 bridgehead atoms. The van der Waals surface area contributed by atoms with Crippen LogP contribution >= 0.6 is 0 Å². The van der Waals surface area contributed by atoms with Gasteiger partial charge < -0.3 is 19.9 Å². The van der Waals surface area contributed by atoms with E-state index < -0.39 is 28.0 Å². The summed E-state index contributed by atoms with van der Waals surface area (Å²) in [5, 5.41) is 2.70. The summed E-state index contributed by atoms with van der Waals surface area (Å²) in [6, 6.07) is 7.25. The molecular formula is C19H22N4O5S. The first-order chi connectivity index (χ1) is 13.6. The summed E-state index contributed by atoms with van der Waals surface area (Å²) in [6.45, 7) is 1.68. The van der Waals surface area contributed by atoms with Gasteiger partial charge in [0.1, 0.15) is 5.84 Å². The highest BCUT2D eigenvalue weighted by molar-refractivity contribution is 7.90. The molecule has 1 N–H and O–H groups in total. The van der Waals surface area contributed by atoms with Gasteiger partial charge in [0.15, 0.2) is 6.10 Å². The molecule has 1 atom stereocenters. The predicted molar refractivity (Wildman–Crippen MR) is 110 cm³/mol. The van der Waals surface area contributed by atoms with E-state index in [9.17, 15) is 18.0 Å². The molecule has 1 aromatic carbocycles. The van der Waals surface area contributed by atoms with E-state index in [0.717, 1.165) is 5.69 Å². The van der Waals surface area contributed by atoms with E-state index >= 15 is 0 Å². The Balaban J connectivity index is 1.60. The Morgan fingerprint density at radius 1 is 1.21 bits per heavy atom. The van der Waals surface area contributed by atoms with E-state index in [-0.39, 0.29) is 23.7 Å². The van der Waals surface area contributed by atoms with Crippen LogP contribution in [0.15, 0.2) is 52.6 Å². The van der Waals surface area contributed by atoms with Gasteiger partial charge in [-0.05, 0) is 43.3 Å². The molecule has 29 heavy (non-hydrogen) atoms. The summed E-state index contributed by atoms with van der Waals surface area (Å²) in [4.78, 5) is 28.2. The van der Waals surface area contributed by atoms with Crippen molar-refractivity contribution in [2.45, 2.75) is 13.0 Å². The van der Waals surface area contributed by atoms with Crippen LogP contribution in [0.1, 0.15) is 6.92 Å². The molecule has 3 rings (SSSR count). The summed E-state index contributed by atoms with van der Waals surface area (Å²) in [6.07, 6.45) is 3.32. The van der Waals surface area contributed by atoms with Crippen molar-refractivity contribution in [1.29, 1.82) is 0 Å². The number of amides is 1. The molecule has 2 aliphatic heterocycles. The van der Waals surface area contributed by atoms with Gasteiger partial charge in [0.25, 0.3) is 15.9 Å². The molecule has 0 aliphatic carbocycles. The van der Waals surface area contributed by atoms with Crippen LogP contribution in [0.25, 0.3) is 0 Å². The number of carbonyl (C=O) groups is 2. The molecule has 0 unspecified atom stereocenters. The number of esters is 1. The fourth-order valence-electron chi connectivity index (χ4n) is 2.69. The molecule has 0 spiro atoms. The van der Waals surface area contributed by atoms with Gasteiger partial charge in [-0.1, -0.05) is 0 Å². The molecule has 154 valence electrons. The lowest BCUT2D eigenvalue weighted by atomic mass is 10.2. The van der Waals surface area contributed by atoms with Gasteiger partial charge in [0.05, 0.1) is 11.3 Å². The molecule has 0 radical (unpaired) electrons. The maximum atomic E-state index is 12.4. The molecule has 0 fully saturated rings. The SMILES string of the molecule is C[C@@H](OC(=O)C1=CN2CCS(=O)(=O)N=C2C=C1)C(=O)Nc1ccc(N(C)C)cc1. The topological polar surface area (TPSA) is 108 Å². The fraction of sp³-hybridized carbons (Fsp3) is 0.316. The average molecular weight is 418 g/mol. The van der Waals surface area contributed by atoms with Crippen LogP contribution in [-0.4, -0.2) is 63.5 Å². The molecule has 0 aromatic heterocycles. The largest absolute Gasteiger partial charge is 0.449 e. The zero-order valence-electron chi connectivity index (χ0n) is 16.3. The van der Waals surface area contributed by atoms with Gasteiger partial charge in [-0.3, -0.25) is 4.79 Å². The minimum Gasteiger partial charge on any atom is -0.449 e. The lowest BCUT2D eigenvalue weighted by molar-refractivity contribution is -0.149. The van der Waals surface area contributed by atoms with Crippen molar-refractivity contribution in [2.24, 2.45) is 4.40 Å². The van der Waals surface area contributed by atoms with E-state index in [1.54, 1.807) is 17.0 Å². The van der Waals surface area contributed by atoms with Crippen LogP contribution < -0.4 is 10.2 Å². The monoisotopic (exact) mass is 418 g/mol. The van der Waals surface area contributed by atoms with Gasteiger partial charge in [-0.25, -0.2) is 13.2 Å². The zero-order valence-corrected chi connectivity index (χ0v) is 17.1. The van der Waals surface area contributed by atoms with Crippen LogP contribution in [0.5, 0.6) is 0 Å². The summed E-state index contributed by atoms with van der Waals surface area (Å²) in [5.41, 5.74) is 1.79. The van der Waals surface area contributed by atoms with Gasteiger partial charge in [0.2, 0.25) is 0 Å². The number of carbonyl (C=O) groups excluding carboxylic acids is 2. The number of hydrogen-bond donors (Lipinski definition) is 1. The highest BCUT2D eigenvalue weighted by Gasteiger charge is 2.27. The Morgan fingerprint density at radius 2 is 1.90 bits per heavy atom. The number of anilines is 2. The number of amidine groups is 1. The third kappa shape index (κ3) is 5.02. The second kappa shape index (κ2) is 8.08. The standard InChI is InChI=1S/C19H22N4O5S/c1-13(18(24)20-15-5-7-16(8-6-15)22(2)3)28-19(25)14-4-9-17-21-29(26,27)11-10-23(17)12-14/h4-9,12-13H,10-11H2,1-3H3,(H,20,24)/t13-/m1/s1. The van der Waals surface area contributed by atoms with Crippen LogP contribution in [0.2, 0.25) is 0 Å². The summed E-state index contributed by atoms with van der Waals surface area (Å²) >= 11 is 0. The number of nitrogens with one attached hydrogen (secondary N) is 1. The van der Waals surface area contributed by atoms with E-state index in [1.807, 2.05) is 31.1 Å². The Bertz CT molecular complexity index is 1010. The average Bonchev–Trinajstić information content (AvgIpc) is 2.67. The maximum Gasteiger partial charge on any atom is 0.340 e. The van der Waals surface area contributed by atoms with Crippen molar-refractivity contribution in [3.63, 3.8) is 0 Å². The Kier molecular flexibility index (Phi) is 5.73. The Labute approximate surface area is 169 Å². The minimum atomic E-state index is -3.46. The molecular weight excluding hydrogens is 396 g/mol. The highest BCUT2D eigenvalue weighted by atomic mass is 32.2. The number of hydrogen-bond acceptors (Lipinski definition) is 7. The van der Waals surface area contributed by atoms with Crippen LogP contribution in [0.3, 0.4) is 0 Å². The lowest BCUT2D eigenvalue weighted by Gasteiger charge is -2.27. The van der Waals surface area contributed by atoms with Crippen molar-refractivity contribution in [3.05, 3.63) is 48.2 Å².